The first kappa shape index (κ1) is 39.3. The van der Waals surface area contributed by atoms with Crippen molar-refractivity contribution in [2.75, 3.05) is 38.3 Å². The lowest BCUT2D eigenvalue weighted by atomic mass is 9.85. The number of urea groups is 1. The van der Waals surface area contributed by atoms with Gasteiger partial charge < -0.3 is 39.7 Å². The third-order valence-electron chi connectivity index (χ3n) is 8.20. The summed E-state index contributed by atoms with van der Waals surface area (Å²) in [4.78, 5) is 42.4. The van der Waals surface area contributed by atoms with Crippen molar-refractivity contribution in [1.29, 1.82) is 0 Å². The van der Waals surface area contributed by atoms with E-state index < -0.39 is 55.6 Å². The van der Waals surface area contributed by atoms with Gasteiger partial charge in [0.2, 0.25) is 11.8 Å². The third kappa shape index (κ3) is 13.0. The van der Waals surface area contributed by atoms with Crippen LogP contribution in [0, 0.1) is 5.92 Å². The lowest BCUT2D eigenvalue weighted by Gasteiger charge is -2.35. The minimum absolute atomic E-state index is 0.217. The number of nitrogens with zero attached hydrogens (tertiary/aromatic N) is 1. The zero-order chi connectivity index (χ0) is 34.4. The number of ether oxygens (including phenoxy) is 1. The van der Waals surface area contributed by atoms with Crippen LogP contribution in [0.15, 0.2) is 30.3 Å². The van der Waals surface area contributed by atoms with Gasteiger partial charge in [0.25, 0.3) is 0 Å². The lowest BCUT2D eigenvalue weighted by Crippen LogP contribution is -2.59. The van der Waals surface area contributed by atoms with Crippen LogP contribution < -0.4 is 16.0 Å². The highest BCUT2D eigenvalue weighted by atomic mass is 32.2. The van der Waals surface area contributed by atoms with Gasteiger partial charge in [0.1, 0.15) is 12.1 Å². The quantitative estimate of drug-likeness (QED) is 0.174. The first-order valence-corrected chi connectivity index (χ1v) is 19.8. The summed E-state index contributed by atoms with van der Waals surface area (Å²) in [5.74, 6) is -2.18. The molecule has 2 aliphatic rings. The Morgan fingerprint density at radius 1 is 0.936 bits per heavy atom. The van der Waals surface area contributed by atoms with E-state index in [9.17, 15) is 24.1 Å². The Morgan fingerprint density at radius 3 is 2.11 bits per heavy atom. The number of rotatable bonds is 17. The molecule has 1 aromatic rings. The van der Waals surface area contributed by atoms with Gasteiger partial charge in [-0.2, -0.15) is 11.8 Å². The zero-order valence-electron chi connectivity index (χ0n) is 28.5. The van der Waals surface area contributed by atoms with Crippen molar-refractivity contribution < 1.29 is 37.8 Å². The van der Waals surface area contributed by atoms with Gasteiger partial charge >= 0.3 is 13.6 Å². The van der Waals surface area contributed by atoms with Crippen LogP contribution in [-0.2, 0) is 34.4 Å². The molecule has 4 amide bonds. The van der Waals surface area contributed by atoms with E-state index in [4.69, 9.17) is 13.8 Å². The van der Waals surface area contributed by atoms with Crippen molar-refractivity contribution in [3.05, 3.63) is 35.9 Å². The molecule has 1 saturated carbocycles. The molecule has 1 unspecified atom stereocenters. The fourth-order valence-electron chi connectivity index (χ4n) is 5.97. The molecule has 0 spiro atoms. The molecule has 0 radical (unpaired) electrons. The smallest absolute Gasteiger partial charge is 0.361 e. The van der Waals surface area contributed by atoms with Crippen LogP contribution in [0.5, 0.6) is 0 Å². The summed E-state index contributed by atoms with van der Waals surface area (Å²) in [5.41, 5.74) is 0.850. The Labute approximate surface area is 284 Å². The van der Waals surface area contributed by atoms with Crippen LogP contribution in [0.4, 0.5) is 4.79 Å². The molecule has 2 fully saturated rings. The highest BCUT2D eigenvalue weighted by Gasteiger charge is 2.44. The summed E-state index contributed by atoms with van der Waals surface area (Å²) in [6.45, 7) is 8.53. The number of hydrogen-bond acceptors (Lipinski definition) is 9. The number of aliphatic hydroxyl groups excluding tert-OH is 1. The molecule has 1 aliphatic heterocycles. The second kappa shape index (κ2) is 19.7. The van der Waals surface area contributed by atoms with Crippen molar-refractivity contribution in [2.45, 2.75) is 109 Å². The van der Waals surface area contributed by atoms with Crippen molar-refractivity contribution in [3.8, 4) is 0 Å². The molecule has 1 saturated heterocycles. The van der Waals surface area contributed by atoms with E-state index in [1.807, 2.05) is 36.6 Å². The molecule has 0 bridgehead atoms. The van der Waals surface area contributed by atoms with Gasteiger partial charge in [0.05, 0.1) is 31.5 Å². The van der Waals surface area contributed by atoms with Crippen molar-refractivity contribution in [3.63, 3.8) is 0 Å². The van der Waals surface area contributed by atoms with Crippen LogP contribution in [-0.4, -0.2) is 102 Å². The Kier molecular flexibility index (Phi) is 16.5. The lowest BCUT2D eigenvalue weighted by molar-refractivity contribution is -0.130. The van der Waals surface area contributed by atoms with Crippen LogP contribution in [0.25, 0.3) is 0 Å². The highest BCUT2D eigenvalue weighted by Crippen LogP contribution is 2.56. The SMILES string of the molecule is CSC[C@H](NC(=O)[C@H](Cc1ccccc1)NC(=O)N1CCOCC1)C(=O)N[C@@H](CC1CCCCC1)C(O)P(=O)(OC(C)C)OC(C)C. The molecule has 4 N–H and O–H groups in total. The van der Waals surface area contributed by atoms with Crippen molar-refractivity contribution >= 4 is 37.2 Å². The Bertz CT molecular complexity index is 1150. The van der Waals surface area contributed by atoms with E-state index in [0.717, 1.165) is 37.7 Å². The van der Waals surface area contributed by atoms with Gasteiger partial charge in [0.15, 0.2) is 5.85 Å². The number of hydrogen-bond donors (Lipinski definition) is 4. The minimum Gasteiger partial charge on any atom is -0.379 e. The molecular weight excluding hydrogens is 643 g/mol. The maximum atomic E-state index is 14.0. The summed E-state index contributed by atoms with van der Waals surface area (Å²) in [6.07, 6.45) is 6.58. The van der Waals surface area contributed by atoms with Gasteiger partial charge in [-0.15, -0.1) is 0 Å². The Balaban J connectivity index is 1.82. The van der Waals surface area contributed by atoms with E-state index in [2.05, 4.69) is 16.0 Å². The van der Waals surface area contributed by atoms with Crippen LogP contribution in [0.1, 0.15) is 71.8 Å². The molecule has 1 aliphatic carbocycles. The zero-order valence-corrected chi connectivity index (χ0v) is 30.2. The van der Waals surface area contributed by atoms with Crippen molar-refractivity contribution in [2.24, 2.45) is 5.92 Å². The minimum atomic E-state index is -4.07. The average molecular weight is 699 g/mol. The summed E-state index contributed by atoms with van der Waals surface area (Å²) in [6, 6.07) is 6.09. The standard InChI is InChI=1S/C33H55N4O8PS/c1-23(2)44-46(42,45-24(3)4)32(40)28(21-26-14-10-7-11-15-26)34-31(39)29(22-47-5)35-30(38)27(20-25-12-8-6-9-13-25)36-33(41)37-16-18-43-19-17-37/h6,8-9,12-13,23-24,26-29,32,40H,7,10-11,14-22H2,1-5H3,(H,34,39)(H,35,38)(H,36,41)/t27-,28-,29-,32?/m0/s1. The van der Waals surface area contributed by atoms with Crippen LogP contribution in [0.2, 0.25) is 0 Å². The number of carbonyl (C=O) groups is 3. The molecule has 12 nitrogen and oxygen atoms in total. The molecule has 14 heteroatoms. The molecule has 1 heterocycles. The van der Waals surface area contributed by atoms with Crippen LogP contribution >= 0.6 is 19.4 Å². The predicted octanol–water partition coefficient (Wildman–Crippen LogP) is 4.30. The summed E-state index contributed by atoms with van der Waals surface area (Å²) in [7, 11) is -4.07. The monoisotopic (exact) mass is 698 g/mol. The maximum Gasteiger partial charge on any atom is 0.361 e. The second-order valence-corrected chi connectivity index (χ2v) is 15.9. The van der Waals surface area contributed by atoms with Gasteiger partial charge in [-0.25, -0.2) is 4.79 Å². The first-order chi connectivity index (χ1) is 22.4. The van der Waals surface area contributed by atoms with E-state index in [1.54, 1.807) is 32.6 Å². The molecule has 47 heavy (non-hydrogen) atoms. The Hall–Kier alpha value is -2.15. The number of morpholine rings is 1. The highest BCUT2D eigenvalue weighted by molar-refractivity contribution is 7.98. The number of thioether (sulfide) groups is 1. The molecule has 4 atom stereocenters. The predicted molar refractivity (Wildman–Crippen MR) is 184 cm³/mol. The topological polar surface area (TPSA) is 156 Å². The van der Waals surface area contributed by atoms with E-state index >= 15 is 0 Å². The van der Waals surface area contributed by atoms with Crippen molar-refractivity contribution in [1.82, 2.24) is 20.9 Å². The molecule has 3 rings (SSSR count). The molecule has 266 valence electrons. The second-order valence-electron chi connectivity index (χ2n) is 12.9. The number of amides is 4. The van der Waals surface area contributed by atoms with E-state index in [0.29, 0.717) is 32.7 Å². The third-order valence-corrected chi connectivity index (χ3v) is 11.3. The van der Waals surface area contributed by atoms with Crippen LogP contribution in [0.3, 0.4) is 0 Å². The summed E-state index contributed by atoms with van der Waals surface area (Å²) >= 11 is 1.37. The number of carbonyl (C=O) groups excluding carboxylic acids is 3. The van der Waals surface area contributed by atoms with Gasteiger partial charge in [-0.1, -0.05) is 62.4 Å². The number of aliphatic hydroxyl groups is 1. The summed E-state index contributed by atoms with van der Waals surface area (Å²) in [5, 5.41) is 20.2. The Morgan fingerprint density at radius 2 is 1.53 bits per heavy atom. The number of benzene rings is 1. The van der Waals surface area contributed by atoms with Gasteiger partial charge in [-0.05, 0) is 51.9 Å². The summed E-state index contributed by atoms with van der Waals surface area (Å²) < 4.78 is 30.8. The average Bonchev–Trinajstić information content (AvgIpc) is 3.04. The largest absolute Gasteiger partial charge is 0.379 e. The molecular formula is C33H55N4O8PS. The maximum absolute atomic E-state index is 14.0. The van der Waals surface area contributed by atoms with E-state index in [-0.39, 0.29) is 24.1 Å². The molecule has 0 aromatic heterocycles. The molecule has 1 aromatic carbocycles. The number of nitrogens with one attached hydrogen (secondary N) is 3. The fraction of sp³-hybridized carbons (Fsp3) is 0.727. The first-order valence-electron chi connectivity index (χ1n) is 16.8. The van der Waals surface area contributed by atoms with Gasteiger partial charge in [-0.3, -0.25) is 14.2 Å². The fourth-order valence-corrected chi connectivity index (χ4v) is 8.65. The van der Waals surface area contributed by atoms with E-state index in [1.165, 1.54) is 11.8 Å². The van der Waals surface area contributed by atoms with Gasteiger partial charge in [0, 0.05) is 25.3 Å². The normalized spacial score (nSPS) is 18.8.